The van der Waals surface area contributed by atoms with Gasteiger partial charge in [0.05, 0.1) is 18.4 Å². The van der Waals surface area contributed by atoms with Gasteiger partial charge in [0, 0.05) is 19.1 Å². The van der Waals surface area contributed by atoms with Gasteiger partial charge in [0.2, 0.25) is 0 Å². The average Bonchev–Trinajstić information content (AvgIpc) is 2.44. The summed E-state index contributed by atoms with van der Waals surface area (Å²) in [6.07, 6.45) is 12.2. The first-order valence-corrected chi connectivity index (χ1v) is 9.58. The summed E-state index contributed by atoms with van der Waals surface area (Å²) >= 11 is 0. The summed E-state index contributed by atoms with van der Waals surface area (Å²) in [5.74, 6) is 0.583. The number of hydrogen-bond acceptors (Lipinski definition) is 4. The first-order chi connectivity index (χ1) is 10.7. The molecule has 0 bridgehead atoms. The summed E-state index contributed by atoms with van der Waals surface area (Å²) in [6.45, 7) is 2.47. The van der Waals surface area contributed by atoms with Crippen LogP contribution in [0.3, 0.4) is 0 Å². The van der Waals surface area contributed by atoms with Gasteiger partial charge in [-0.3, -0.25) is 10.2 Å². The van der Waals surface area contributed by atoms with Crippen molar-refractivity contribution in [1.82, 2.24) is 10.2 Å². The van der Waals surface area contributed by atoms with Gasteiger partial charge >= 0.3 is 0 Å². The molecule has 3 fully saturated rings. The third-order valence-electron chi connectivity index (χ3n) is 6.08. The van der Waals surface area contributed by atoms with Crippen molar-refractivity contribution in [3.63, 3.8) is 0 Å². The summed E-state index contributed by atoms with van der Waals surface area (Å²) in [5, 5.41) is 24.4. The fourth-order valence-electron chi connectivity index (χ4n) is 4.50. The van der Waals surface area contributed by atoms with Crippen molar-refractivity contribution in [2.75, 3.05) is 13.1 Å². The number of nitrogens with zero attached hydrogens (tertiary/aromatic N) is 1. The minimum atomic E-state index is -0.129. The molecule has 3 aliphatic rings. The zero-order chi connectivity index (χ0) is 15.4. The molecule has 128 valence electrons. The molecule has 0 aromatic carbocycles. The van der Waals surface area contributed by atoms with E-state index >= 15 is 0 Å². The smallest absolute Gasteiger partial charge is 0.0599 e. The Labute approximate surface area is 135 Å². The van der Waals surface area contributed by atoms with E-state index in [-0.39, 0.29) is 12.2 Å². The standard InChI is InChI=1S/C18H34N2O2/c21-15-5-2-1-3-6-16(22)13-14-7-10-18(20-11-4-12-20)19-17(14)9-8-15/h14-19,21-22H,1-13H2. The first-order valence-electron chi connectivity index (χ1n) is 9.58. The number of fused-ring (bicyclic) bond motifs is 1. The molecule has 0 aromatic rings. The number of aliphatic hydroxyl groups is 2. The van der Waals surface area contributed by atoms with Crippen LogP contribution in [-0.2, 0) is 0 Å². The van der Waals surface area contributed by atoms with Crippen molar-refractivity contribution in [2.24, 2.45) is 5.92 Å². The van der Waals surface area contributed by atoms with E-state index in [0.717, 1.165) is 51.4 Å². The molecule has 5 unspecified atom stereocenters. The van der Waals surface area contributed by atoms with Crippen molar-refractivity contribution in [2.45, 2.75) is 95.0 Å². The molecule has 4 nitrogen and oxygen atoms in total. The first kappa shape index (κ1) is 16.7. The van der Waals surface area contributed by atoms with E-state index in [9.17, 15) is 10.2 Å². The number of nitrogens with one attached hydrogen (secondary N) is 1. The predicted molar refractivity (Wildman–Crippen MR) is 88.6 cm³/mol. The fraction of sp³-hybridized carbons (Fsp3) is 1.00. The topological polar surface area (TPSA) is 55.7 Å². The lowest BCUT2D eigenvalue weighted by Crippen LogP contribution is -2.59. The van der Waals surface area contributed by atoms with Gasteiger partial charge in [-0.2, -0.15) is 0 Å². The van der Waals surface area contributed by atoms with Crippen LogP contribution in [0.2, 0.25) is 0 Å². The zero-order valence-corrected chi connectivity index (χ0v) is 13.9. The molecule has 0 radical (unpaired) electrons. The Balaban J connectivity index is 1.59. The second-order valence-corrected chi connectivity index (χ2v) is 7.77. The van der Waals surface area contributed by atoms with Crippen LogP contribution < -0.4 is 5.32 Å². The van der Waals surface area contributed by atoms with Crippen LogP contribution in [0.4, 0.5) is 0 Å². The third-order valence-corrected chi connectivity index (χ3v) is 6.08. The predicted octanol–water partition coefficient (Wildman–Crippen LogP) is 2.24. The van der Waals surface area contributed by atoms with Gasteiger partial charge in [-0.05, 0) is 57.3 Å². The second-order valence-electron chi connectivity index (χ2n) is 7.77. The molecule has 22 heavy (non-hydrogen) atoms. The van der Waals surface area contributed by atoms with E-state index in [1.54, 1.807) is 0 Å². The monoisotopic (exact) mass is 310 g/mol. The molecule has 0 aromatic heterocycles. The molecule has 3 rings (SSSR count). The maximum atomic E-state index is 10.3. The highest BCUT2D eigenvalue weighted by molar-refractivity contribution is 4.90. The highest BCUT2D eigenvalue weighted by Gasteiger charge is 2.35. The van der Waals surface area contributed by atoms with E-state index in [4.69, 9.17) is 0 Å². The molecule has 4 heteroatoms. The minimum Gasteiger partial charge on any atom is -0.393 e. The van der Waals surface area contributed by atoms with Crippen molar-refractivity contribution in [3.05, 3.63) is 0 Å². The lowest BCUT2D eigenvalue weighted by molar-refractivity contribution is 0.0226. The molecule has 3 N–H and O–H groups in total. The van der Waals surface area contributed by atoms with Crippen LogP contribution in [-0.4, -0.2) is 52.6 Å². The number of aliphatic hydroxyl groups excluding tert-OH is 2. The van der Waals surface area contributed by atoms with E-state index in [0.29, 0.717) is 18.1 Å². The van der Waals surface area contributed by atoms with Crippen molar-refractivity contribution in [1.29, 1.82) is 0 Å². The molecule has 1 saturated carbocycles. The fourth-order valence-corrected chi connectivity index (χ4v) is 4.50. The Morgan fingerprint density at radius 3 is 2.23 bits per heavy atom. The van der Waals surface area contributed by atoms with Crippen molar-refractivity contribution < 1.29 is 10.2 Å². The number of hydrogen-bond donors (Lipinski definition) is 3. The number of rotatable bonds is 1. The van der Waals surface area contributed by atoms with Crippen LogP contribution in [0.1, 0.15) is 70.6 Å². The van der Waals surface area contributed by atoms with Gasteiger partial charge in [-0.1, -0.05) is 19.3 Å². The van der Waals surface area contributed by atoms with E-state index in [2.05, 4.69) is 10.2 Å². The average molecular weight is 310 g/mol. The molecule has 2 heterocycles. The summed E-state index contributed by atoms with van der Waals surface area (Å²) in [4.78, 5) is 2.55. The van der Waals surface area contributed by atoms with Gasteiger partial charge in [-0.15, -0.1) is 0 Å². The molecule has 2 saturated heterocycles. The van der Waals surface area contributed by atoms with Crippen LogP contribution in [0, 0.1) is 5.92 Å². The molecule has 0 spiro atoms. The third kappa shape index (κ3) is 4.44. The van der Waals surface area contributed by atoms with Crippen LogP contribution in [0.15, 0.2) is 0 Å². The Hall–Kier alpha value is -0.160. The highest BCUT2D eigenvalue weighted by Crippen LogP contribution is 2.31. The van der Waals surface area contributed by atoms with E-state index in [1.165, 1.54) is 32.4 Å². The Morgan fingerprint density at radius 1 is 0.727 bits per heavy atom. The van der Waals surface area contributed by atoms with Gasteiger partial charge in [0.15, 0.2) is 0 Å². The van der Waals surface area contributed by atoms with E-state index in [1.807, 2.05) is 0 Å². The molecule has 2 aliphatic heterocycles. The van der Waals surface area contributed by atoms with Gasteiger partial charge in [0.25, 0.3) is 0 Å². The summed E-state index contributed by atoms with van der Waals surface area (Å²) < 4.78 is 0. The Kier molecular flexibility index (Phi) is 6.14. The molecule has 5 atom stereocenters. The summed E-state index contributed by atoms with van der Waals surface area (Å²) in [6, 6.07) is 0.475. The number of likely N-dealkylation sites (tertiary alicyclic amines) is 1. The normalized spacial score (nSPS) is 42.5. The van der Waals surface area contributed by atoms with Crippen LogP contribution in [0.25, 0.3) is 0 Å². The van der Waals surface area contributed by atoms with E-state index < -0.39 is 0 Å². The van der Waals surface area contributed by atoms with Crippen LogP contribution >= 0.6 is 0 Å². The van der Waals surface area contributed by atoms with Gasteiger partial charge in [-0.25, -0.2) is 0 Å². The maximum Gasteiger partial charge on any atom is 0.0599 e. The summed E-state index contributed by atoms with van der Waals surface area (Å²) in [5.41, 5.74) is 0. The van der Waals surface area contributed by atoms with Crippen LogP contribution in [0.5, 0.6) is 0 Å². The number of piperidine rings is 1. The second kappa shape index (κ2) is 8.09. The SMILES string of the molecule is OC1CCCCCC(O)CC2CCC(N3CCC3)NC2CC1. The lowest BCUT2D eigenvalue weighted by Gasteiger charge is -2.46. The Bertz CT molecular complexity index is 335. The maximum absolute atomic E-state index is 10.3. The largest absolute Gasteiger partial charge is 0.393 e. The van der Waals surface area contributed by atoms with Crippen molar-refractivity contribution >= 4 is 0 Å². The lowest BCUT2D eigenvalue weighted by atomic mass is 9.81. The van der Waals surface area contributed by atoms with Crippen molar-refractivity contribution in [3.8, 4) is 0 Å². The molecule has 1 aliphatic carbocycles. The van der Waals surface area contributed by atoms with Gasteiger partial charge < -0.3 is 10.2 Å². The molecular weight excluding hydrogens is 276 g/mol. The quantitative estimate of drug-likeness (QED) is 0.695. The minimum absolute atomic E-state index is 0.126. The molecular formula is C18H34N2O2. The van der Waals surface area contributed by atoms with Gasteiger partial charge in [0.1, 0.15) is 0 Å². The zero-order valence-electron chi connectivity index (χ0n) is 13.9. The molecule has 0 amide bonds. The highest BCUT2D eigenvalue weighted by atomic mass is 16.3. The Morgan fingerprint density at radius 2 is 1.50 bits per heavy atom. The summed E-state index contributed by atoms with van der Waals surface area (Å²) in [7, 11) is 0.